The number of aromatic nitrogens is 1. The van der Waals surface area contributed by atoms with Crippen LogP contribution >= 0.6 is 0 Å². The molecule has 1 aromatic rings. The lowest BCUT2D eigenvalue weighted by molar-refractivity contribution is -0.0279. The Morgan fingerprint density at radius 1 is 1.35 bits per heavy atom. The number of nitrogens with two attached hydrogens (primary N) is 1. The van der Waals surface area contributed by atoms with Crippen molar-refractivity contribution in [2.45, 2.75) is 37.3 Å². The lowest BCUT2D eigenvalue weighted by atomic mass is 9.89. The van der Waals surface area contributed by atoms with E-state index in [1.807, 2.05) is 12.1 Å². The lowest BCUT2D eigenvalue weighted by Gasteiger charge is -2.33. The summed E-state index contributed by atoms with van der Waals surface area (Å²) in [5.41, 5.74) is 6.87. The molecule has 17 heavy (non-hydrogen) atoms. The van der Waals surface area contributed by atoms with E-state index in [1.165, 1.54) is 0 Å². The summed E-state index contributed by atoms with van der Waals surface area (Å²) in [6, 6.07) is 3.51. The molecule has 0 aromatic carbocycles. The summed E-state index contributed by atoms with van der Waals surface area (Å²) < 4.78 is 11.0. The number of pyridine rings is 1. The van der Waals surface area contributed by atoms with Crippen molar-refractivity contribution >= 4 is 0 Å². The summed E-state index contributed by atoms with van der Waals surface area (Å²) >= 11 is 0. The van der Waals surface area contributed by atoms with Crippen molar-refractivity contribution in [1.82, 2.24) is 4.98 Å². The maximum atomic E-state index is 6.35. The van der Waals surface area contributed by atoms with Gasteiger partial charge in [-0.1, -0.05) is 12.8 Å². The molecule has 2 rings (SSSR count). The summed E-state index contributed by atoms with van der Waals surface area (Å²) in [5.74, 6) is 0.739. The largest absolute Gasteiger partial charge is 0.495 e. The van der Waals surface area contributed by atoms with Crippen molar-refractivity contribution in [3.8, 4) is 5.75 Å². The molecular weight excluding hydrogens is 216 g/mol. The Morgan fingerprint density at radius 2 is 2.06 bits per heavy atom. The first kappa shape index (κ1) is 12.3. The maximum Gasteiger partial charge on any atom is 0.142 e. The van der Waals surface area contributed by atoms with Gasteiger partial charge in [-0.15, -0.1) is 0 Å². The highest BCUT2D eigenvalue weighted by Gasteiger charge is 2.42. The number of methoxy groups -OCH3 is 2. The van der Waals surface area contributed by atoms with Crippen molar-refractivity contribution < 1.29 is 9.47 Å². The van der Waals surface area contributed by atoms with Gasteiger partial charge in [-0.3, -0.25) is 4.98 Å². The number of ether oxygens (including phenoxy) is 2. The van der Waals surface area contributed by atoms with Gasteiger partial charge in [0.05, 0.1) is 18.8 Å². The maximum absolute atomic E-state index is 6.35. The zero-order valence-electron chi connectivity index (χ0n) is 10.5. The van der Waals surface area contributed by atoms with Crippen LogP contribution in [0.3, 0.4) is 0 Å². The highest BCUT2D eigenvalue weighted by atomic mass is 16.5. The first-order valence-electron chi connectivity index (χ1n) is 6.03. The molecule has 1 aromatic heterocycles. The fraction of sp³-hybridized carbons (Fsp3) is 0.615. The third-order valence-corrected chi connectivity index (χ3v) is 3.74. The quantitative estimate of drug-likeness (QED) is 0.869. The Morgan fingerprint density at radius 3 is 2.65 bits per heavy atom. The van der Waals surface area contributed by atoms with Crippen molar-refractivity contribution in [3.63, 3.8) is 0 Å². The summed E-state index contributed by atoms with van der Waals surface area (Å²) in [6.07, 6.45) is 6.05. The Kier molecular flexibility index (Phi) is 3.64. The highest BCUT2D eigenvalue weighted by molar-refractivity contribution is 5.31. The van der Waals surface area contributed by atoms with Crippen LogP contribution in [0.2, 0.25) is 0 Å². The Hall–Kier alpha value is -1.13. The first-order valence-corrected chi connectivity index (χ1v) is 6.03. The second-order valence-electron chi connectivity index (χ2n) is 4.54. The van der Waals surface area contributed by atoms with E-state index in [1.54, 1.807) is 20.4 Å². The monoisotopic (exact) mass is 236 g/mol. The van der Waals surface area contributed by atoms with Crippen LogP contribution in [-0.2, 0) is 4.74 Å². The molecule has 0 saturated heterocycles. The van der Waals surface area contributed by atoms with Gasteiger partial charge in [0.15, 0.2) is 0 Å². The van der Waals surface area contributed by atoms with Gasteiger partial charge in [0.2, 0.25) is 0 Å². The second-order valence-corrected chi connectivity index (χ2v) is 4.54. The van der Waals surface area contributed by atoms with Crippen molar-refractivity contribution in [2.24, 2.45) is 5.73 Å². The van der Waals surface area contributed by atoms with Crippen molar-refractivity contribution in [3.05, 3.63) is 24.0 Å². The van der Waals surface area contributed by atoms with Gasteiger partial charge in [0.1, 0.15) is 11.4 Å². The smallest absolute Gasteiger partial charge is 0.142 e. The van der Waals surface area contributed by atoms with Crippen LogP contribution in [0.25, 0.3) is 0 Å². The Bertz CT molecular complexity index is 375. The van der Waals surface area contributed by atoms with Crippen molar-refractivity contribution in [1.29, 1.82) is 0 Å². The van der Waals surface area contributed by atoms with Crippen LogP contribution in [0.4, 0.5) is 0 Å². The predicted octanol–water partition coefficient (Wildman–Crippen LogP) is 2.05. The molecule has 1 aliphatic carbocycles. The van der Waals surface area contributed by atoms with Crippen LogP contribution in [0.15, 0.2) is 18.3 Å². The highest BCUT2D eigenvalue weighted by Crippen LogP contribution is 2.42. The molecule has 1 fully saturated rings. The average Bonchev–Trinajstić information content (AvgIpc) is 2.88. The minimum absolute atomic E-state index is 0.230. The van der Waals surface area contributed by atoms with Crippen LogP contribution in [0.5, 0.6) is 5.75 Å². The average molecular weight is 236 g/mol. The van der Waals surface area contributed by atoms with Gasteiger partial charge < -0.3 is 15.2 Å². The van der Waals surface area contributed by atoms with Crippen LogP contribution in [-0.4, -0.2) is 24.8 Å². The Labute approximate surface area is 102 Å². The van der Waals surface area contributed by atoms with Crippen LogP contribution in [0, 0.1) is 0 Å². The Balaban J connectivity index is 2.32. The SMILES string of the molecule is COc1cccnc1C(N)C1(OC)CCCC1. The van der Waals surface area contributed by atoms with Gasteiger partial charge in [0.25, 0.3) is 0 Å². The molecule has 4 heteroatoms. The number of nitrogens with zero attached hydrogens (tertiary/aromatic N) is 1. The van der Waals surface area contributed by atoms with Gasteiger partial charge in [-0.25, -0.2) is 0 Å². The number of hydrogen-bond acceptors (Lipinski definition) is 4. The molecule has 0 spiro atoms. The molecule has 1 heterocycles. The van der Waals surface area contributed by atoms with E-state index in [0.717, 1.165) is 37.1 Å². The summed E-state index contributed by atoms with van der Waals surface area (Å²) in [6.45, 7) is 0. The molecule has 1 saturated carbocycles. The van der Waals surface area contributed by atoms with Gasteiger partial charge in [0, 0.05) is 13.3 Å². The summed E-state index contributed by atoms with van der Waals surface area (Å²) in [4.78, 5) is 4.36. The normalized spacial score (nSPS) is 20.2. The van der Waals surface area contributed by atoms with E-state index in [4.69, 9.17) is 15.2 Å². The molecule has 2 N–H and O–H groups in total. The molecule has 0 bridgehead atoms. The standard InChI is InChI=1S/C13H20N2O2/c1-16-10-6-5-9-15-11(10)12(14)13(17-2)7-3-4-8-13/h5-6,9,12H,3-4,7-8,14H2,1-2H3. The zero-order chi connectivity index (χ0) is 12.3. The first-order chi connectivity index (χ1) is 8.23. The molecular formula is C13H20N2O2. The fourth-order valence-electron chi connectivity index (χ4n) is 2.67. The van der Waals surface area contributed by atoms with Gasteiger partial charge in [-0.05, 0) is 25.0 Å². The van der Waals surface area contributed by atoms with Crippen LogP contribution < -0.4 is 10.5 Å². The minimum atomic E-state index is -0.276. The number of hydrogen-bond donors (Lipinski definition) is 1. The van der Waals surface area contributed by atoms with E-state index < -0.39 is 0 Å². The molecule has 94 valence electrons. The van der Waals surface area contributed by atoms with Crippen molar-refractivity contribution in [2.75, 3.05) is 14.2 Å². The summed E-state index contributed by atoms with van der Waals surface area (Å²) in [5, 5.41) is 0. The second kappa shape index (κ2) is 5.02. The molecule has 0 aliphatic heterocycles. The van der Waals surface area contributed by atoms with E-state index in [2.05, 4.69) is 4.98 Å². The number of rotatable bonds is 4. The molecule has 1 aliphatic rings. The molecule has 0 amide bonds. The predicted molar refractivity (Wildman–Crippen MR) is 65.9 cm³/mol. The van der Waals surface area contributed by atoms with Gasteiger partial charge in [-0.2, -0.15) is 0 Å². The van der Waals surface area contributed by atoms with E-state index >= 15 is 0 Å². The third-order valence-electron chi connectivity index (χ3n) is 3.74. The third kappa shape index (κ3) is 2.15. The topological polar surface area (TPSA) is 57.4 Å². The minimum Gasteiger partial charge on any atom is -0.495 e. The van der Waals surface area contributed by atoms with Crippen LogP contribution in [0.1, 0.15) is 37.4 Å². The summed E-state index contributed by atoms with van der Waals surface area (Å²) in [7, 11) is 3.38. The lowest BCUT2D eigenvalue weighted by Crippen LogP contribution is -2.41. The van der Waals surface area contributed by atoms with E-state index in [0.29, 0.717) is 0 Å². The molecule has 4 nitrogen and oxygen atoms in total. The molecule has 0 radical (unpaired) electrons. The van der Waals surface area contributed by atoms with Gasteiger partial charge >= 0.3 is 0 Å². The molecule has 1 atom stereocenters. The fourth-order valence-corrected chi connectivity index (χ4v) is 2.67. The van der Waals surface area contributed by atoms with E-state index in [-0.39, 0.29) is 11.6 Å². The zero-order valence-corrected chi connectivity index (χ0v) is 10.5. The van der Waals surface area contributed by atoms with E-state index in [9.17, 15) is 0 Å². The molecule has 1 unspecified atom stereocenters.